The van der Waals surface area contributed by atoms with Crippen molar-refractivity contribution in [1.82, 2.24) is 0 Å². The van der Waals surface area contributed by atoms with Crippen LogP contribution in [0, 0.1) is 5.41 Å². The Bertz CT molecular complexity index is 116. The second-order valence-electron chi connectivity index (χ2n) is 2.37. The minimum atomic E-state index is -0.830. The third-order valence-corrected chi connectivity index (χ3v) is 1.35. The normalized spacial score (nSPS) is 16.4. The Morgan fingerprint density at radius 2 is 2.20 bits per heavy atom. The molecule has 0 heterocycles. The Balaban J connectivity index is 3.69. The molecule has 10 heavy (non-hydrogen) atoms. The fourth-order valence-electron chi connectivity index (χ4n) is 0.671. The smallest absolute Gasteiger partial charge is 0.106 e. The van der Waals surface area contributed by atoms with E-state index in [2.05, 4.69) is 0 Å². The lowest BCUT2D eigenvalue weighted by Crippen LogP contribution is -2.40. The number of hydrogen-bond acceptors (Lipinski definition) is 4. The van der Waals surface area contributed by atoms with Gasteiger partial charge in [-0.15, -0.1) is 0 Å². The highest BCUT2D eigenvalue weighted by Gasteiger charge is 2.14. The molecule has 0 aromatic carbocycles. The molecule has 6 N–H and O–H groups in total. The first-order valence-electron chi connectivity index (χ1n) is 3.28. The molecule has 0 aliphatic carbocycles. The molecule has 0 radical (unpaired) electrons. The second-order valence-corrected chi connectivity index (χ2v) is 2.37. The predicted molar refractivity (Wildman–Crippen MR) is 41.1 cm³/mol. The van der Waals surface area contributed by atoms with E-state index in [1.165, 1.54) is 6.92 Å². The summed E-state index contributed by atoms with van der Waals surface area (Å²) < 4.78 is 0. The lowest BCUT2D eigenvalue weighted by molar-refractivity contribution is 0.203. The van der Waals surface area contributed by atoms with Crippen molar-refractivity contribution in [3.05, 3.63) is 0 Å². The first kappa shape index (κ1) is 9.55. The number of nitrogens with one attached hydrogen (secondary N) is 1. The number of aliphatic hydroxyl groups excluding tert-OH is 1. The van der Waals surface area contributed by atoms with Crippen LogP contribution >= 0.6 is 0 Å². The zero-order valence-electron chi connectivity index (χ0n) is 6.17. The molecule has 0 aromatic heterocycles. The molecule has 0 spiro atoms. The van der Waals surface area contributed by atoms with Crippen LogP contribution in [0.25, 0.3) is 0 Å². The van der Waals surface area contributed by atoms with Crippen LogP contribution in [0.1, 0.15) is 13.3 Å². The van der Waals surface area contributed by atoms with Gasteiger partial charge < -0.3 is 22.0 Å². The molecular weight excluding hydrogens is 130 g/mol. The summed E-state index contributed by atoms with van der Waals surface area (Å²) in [5.41, 5.74) is 10.9. The van der Waals surface area contributed by atoms with E-state index in [9.17, 15) is 0 Å². The first-order valence-corrected chi connectivity index (χ1v) is 3.28. The van der Waals surface area contributed by atoms with Gasteiger partial charge in [-0.25, -0.2) is 0 Å². The maximum absolute atomic E-state index is 9.12. The fourth-order valence-corrected chi connectivity index (χ4v) is 0.671. The van der Waals surface area contributed by atoms with E-state index in [1.807, 2.05) is 0 Å². The van der Waals surface area contributed by atoms with Crippen LogP contribution in [0.5, 0.6) is 0 Å². The molecule has 4 heteroatoms. The lowest BCUT2D eigenvalue weighted by atomic mass is 10.1. The van der Waals surface area contributed by atoms with Crippen molar-refractivity contribution >= 4 is 5.71 Å². The monoisotopic (exact) mass is 145 g/mol. The number of nitrogens with two attached hydrogens (primary N) is 2. The topological polar surface area (TPSA) is 96.1 Å². The van der Waals surface area contributed by atoms with Crippen molar-refractivity contribution < 1.29 is 5.11 Å². The molecule has 4 nitrogen and oxygen atoms in total. The van der Waals surface area contributed by atoms with Crippen molar-refractivity contribution in [2.45, 2.75) is 25.5 Å². The fraction of sp³-hybridized carbons (Fsp3) is 0.833. The Morgan fingerprint density at radius 1 is 1.70 bits per heavy atom. The van der Waals surface area contributed by atoms with E-state index in [0.717, 1.165) is 0 Å². The van der Waals surface area contributed by atoms with Crippen LogP contribution in [0.3, 0.4) is 0 Å². The first-order chi connectivity index (χ1) is 4.59. The highest BCUT2D eigenvalue weighted by atomic mass is 16.3. The maximum atomic E-state index is 9.12. The van der Waals surface area contributed by atoms with Crippen molar-refractivity contribution in [3.8, 4) is 0 Å². The summed E-state index contributed by atoms with van der Waals surface area (Å²) >= 11 is 0. The molecular formula is C6H15N3O. The van der Waals surface area contributed by atoms with Crippen LogP contribution in [0.15, 0.2) is 0 Å². The molecule has 0 amide bonds. The predicted octanol–water partition coefficient (Wildman–Crippen LogP) is -0.937. The Hall–Kier alpha value is -0.450. The zero-order valence-corrected chi connectivity index (χ0v) is 6.17. The molecule has 60 valence electrons. The molecule has 1 unspecified atom stereocenters. The minimum Gasteiger partial charge on any atom is -0.386 e. The largest absolute Gasteiger partial charge is 0.386 e. The average molecular weight is 145 g/mol. The van der Waals surface area contributed by atoms with Crippen LogP contribution in [0.2, 0.25) is 0 Å². The Kier molecular flexibility index (Phi) is 4.18. The standard InChI is InChI=1S/C6H15N3O/c1-4(8)6(10)5(9)2-3-7/h5-6,8,10H,2-3,7,9H2,1H3/t5?,6-/m1/s1. The van der Waals surface area contributed by atoms with E-state index >= 15 is 0 Å². The summed E-state index contributed by atoms with van der Waals surface area (Å²) in [7, 11) is 0. The molecule has 0 rings (SSSR count). The van der Waals surface area contributed by atoms with E-state index in [1.54, 1.807) is 0 Å². The van der Waals surface area contributed by atoms with Crippen LogP contribution in [-0.4, -0.2) is 29.5 Å². The summed E-state index contributed by atoms with van der Waals surface area (Å²) in [5.74, 6) is 0. The van der Waals surface area contributed by atoms with Gasteiger partial charge in [0.2, 0.25) is 0 Å². The third kappa shape index (κ3) is 2.91. The summed E-state index contributed by atoms with van der Waals surface area (Å²) in [5, 5.41) is 16.2. The summed E-state index contributed by atoms with van der Waals surface area (Å²) in [6.07, 6.45) is -0.277. The summed E-state index contributed by atoms with van der Waals surface area (Å²) in [6, 6.07) is -0.387. The molecule has 0 aliphatic rings. The van der Waals surface area contributed by atoms with Gasteiger partial charge in [0.1, 0.15) is 6.10 Å². The highest BCUT2D eigenvalue weighted by molar-refractivity contribution is 5.83. The Labute approximate surface area is 60.7 Å². The SMILES string of the molecule is CC(=N)[C@@H](O)C(N)CCN. The molecule has 0 aromatic rings. The van der Waals surface area contributed by atoms with Crippen LogP contribution in [-0.2, 0) is 0 Å². The van der Waals surface area contributed by atoms with E-state index in [-0.39, 0.29) is 11.8 Å². The third-order valence-electron chi connectivity index (χ3n) is 1.35. The average Bonchev–Trinajstić information content (AvgIpc) is 1.87. The van der Waals surface area contributed by atoms with E-state index in [0.29, 0.717) is 13.0 Å². The van der Waals surface area contributed by atoms with Crippen molar-refractivity contribution in [3.63, 3.8) is 0 Å². The Morgan fingerprint density at radius 3 is 2.50 bits per heavy atom. The van der Waals surface area contributed by atoms with Gasteiger partial charge in [-0.1, -0.05) is 0 Å². The number of aliphatic hydroxyl groups is 1. The van der Waals surface area contributed by atoms with E-state index in [4.69, 9.17) is 22.0 Å². The molecule has 0 aliphatic heterocycles. The molecule has 0 fully saturated rings. The van der Waals surface area contributed by atoms with Gasteiger partial charge in [-0.05, 0) is 19.9 Å². The van der Waals surface area contributed by atoms with E-state index < -0.39 is 6.10 Å². The van der Waals surface area contributed by atoms with Crippen molar-refractivity contribution in [2.24, 2.45) is 11.5 Å². The van der Waals surface area contributed by atoms with Crippen LogP contribution < -0.4 is 11.5 Å². The molecule has 0 saturated heterocycles. The minimum absolute atomic E-state index is 0.195. The quantitative estimate of drug-likeness (QED) is 0.384. The molecule has 2 atom stereocenters. The zero-order chi connectivity index (χ0) is 8.15. The molecule has 0 bridgehead atoms. The number of hydrogen-bond donors (Lipinski definition) is 4. The van der Waals surface area contributed by atoms with Crippen molar-refractivity contribution in [2.75, 3.05) is 6.54 Å². The van der Waals surface area contributed by atoms with Gasteiger partial charge in [0.15, 0.2) is 0 Å². The highest BCUT2D eigenvalue weighted by Crippen LogP contribution is 1.95. The van der Waals surface area contributed by atoms with Gasteiger partial charge in [0.25, 0.3) is 0 Å². The maximum Gasteiger partial charge on any atom is 0.106 e. The lowest BCUT2D eigenvalue weighted by Gasteiger charge is -2.16. The summed E-state index contributed by atoms with van der Waals surface area (Å²) in [6.45, 7) is 1.98. The summed E-state index contributed by atoms with van der Waals surface area (Å²) in [4.78, 5) is 0. The van der Waals surface area contributed by atoms with Crippen molar-refractivity contribution in [1.29, 1.82) is 5.41 Å². The second kappa shape index (κ2) is 4.38. The number of rotatable bonds is 4. The van der Waals surface area contributed by atoms with Gasteiger partial charge in [-0.2, -0.15) is 0 Å². The van der Waals surface area contributed by atoms with Crippen LogP contribution in [0.4, 0.5) is 0 Å². The van der Waals surface area contributed by atoms with Gasteiger partial charge in [0, 0.05) is 11.8 Å². The van der Waals surface area contributed by atoms with Gasteiger partial charge in [0.05, 0.1) is 0 Å². The van der Waals surface area contributed by atoms with Gasteiger partial charge >= 0.3 is 0 Å². The van der Waals surface area contributed by atoms with Gasteiger partial charge in [-0.3, -0.25) is 0 Å². The molecule has 0 saturated carbocycles.